The quantitative estimate of drug-likeness (QED) is 0.755. The molecule has 1 aromatic carbocycles. The average Bonchev–Trinajstić information content (AvgIpc) is 2.34. The Morgan fingerprint density at radius 2 is 2.28 bits per heavy atom. The Morgan fingerprint density at radius 3 is 2.94 bits per heavy atom. The molecule has 100 valence electrons. The van der Waals surface area contributed by atoms with Crippen molar-refractivity contribution < 1.29 is 9.53 Å². The van der Waals surface area contributed by atoms with E-state index < -0.39 is 0 Å². The molecule has 4 nitrogen and oxygen atoms in total. The van der Waals surface area contributed by atoms with E-state index in [1.807, 2.05) is 31.2 Å². The van der Waals surface area contributed by atoms with Crippen molar-refractivity contribution in [1.29, 1.82) is 0 Å². The van der Waals surface area contributed by atoms with Gasteiger partial charge in [0.1, 0.15) is 0 Å². The third kappa shape index (κ3) is 5.62. The lowest BCUT2D eigenvalue weighted by atomic mass is 10.1. The Hall–Kier alpha value is -0.910. The van der Waals surface area contributed by atoms with Gasteiger partial charge in [-0.1, -0.05) is 28.1 Å². The molecule has 0 saturated heterocycles. The standard InChI is InChI=1S/C13H19BrN2O2/c1-10(11-4-3-5-12(14)8-11)16-13(17)9-15-6-7-18-2/h3-5,8,10,15H,6-7,9H2,1-2H3,(H,16,17)/t10-/m0/s1. The van der Waals surface area contributed by atoms with Crippen LogP contribution in [0.2, 0.25) is 0 Å². The first kappa shape index (κ1) is 15.1. The van der Waals surface area contributed by atoms with Gasteiger partial charge in [-0.3, -0.25) is 4.79 Å². The highest BCUT2D eigenvalue weighted by Gasteiger charge is 2.09. The molecule has 0 radical (unpaired) electrons. The van der Waals surface area contributed by atoms with Gasteiger partial charge < -0.3 is 15.4 Å². The fourth-order valence-electron chi connectivity index (χ4n) is 1.53. The lowest BCUT2D eigenvalue weighted by Gasteiger charge is -2.15. The molecule has 0 unspecified atom stereocenters. The van der Waals surface area contributed by atoms with Crippen molar-refractivity contribution in [3.8, 4) is 0 Å². The van der Waals surface area contributed by atoms with Crippen LogP contribution in [0.4, 0.5) is 0 Å². The van der Waals surface area contributed by atoms with Crippen LogP contribution in [0.15, 0.2) is 28.7 Å². The monoisotopic (exact) mass is 314 g/mol. The summed E-state index contributed by atoms with van der Waals surface area (Å²) >= 11 is 3.42. The maximum absolute atomic E-state index is 11.6. The first-order chi connectivity index (χ1) is 8.63. The number of amides is 1. The van der Waals surface area contributed by atoms with Crippen LogP contribution >= 0.6 is 15.9 Å². The van der Waals surface area contributed by atoms with Crippen molar-refractivity contribution in [2.75, 3.05) is 26.8 Å². The first-order valence-corrected chi connectivity index (χ1v) is 6.67. The molecule has 0 bridgehead atoms. The van der Waals surface area contributed by atoms with Crippen molar-refractivity contribution in [2.45, 2.75) is 13.0 Å². The van der Waals surface area contributed by atoms with Gasteiger partial charge in [-0.25, -0.2) is 0 Å². The molecule has 18 heavy (non-hydrogen) atoms. The van der Waals surface area contributed by atoms with Gasteiger partial charge in [-0.05, 0) is 24.6 Å². The predicted molar refractivity (Wildman–Crippen MR) is 75.4 cm³/mol. The second-order valence-electron chi connectivity index (χ2n) is 4.01. The molecular formula is C13H19BrN2O2. The summed E-state index contributed by atoms with van der Waals surface area (Å²) in [6, 6.07) is 7.92. The summed E-state index contributed by atoms with van der Waals surface area (Å²) < 4.78 is 5.90. The number of carbonyl (C=O) groups excluding carboxylic acids is 1. The number of methoxy groups -OCH3 is 1. The van der Waals surface area contributed by atoms with Gasteiger partial charge in [-0.15, -0.1) is 0 Å². The van der Waals surface area contributed by atoms with Gasteiger partial charge >= 0.3 is 0 Å². The number of halogens is 1. The van der Waals surface area contributed by atoms with Crippen molar-refractivity contribution in [1.82, 2.24) is 10.6 Å². The molecule has 0 spiro atoms. The van der Waals surface area contributed by atoms with Crippen LogP contribution in [-0.4, -0.2) is 32.7 Å². The van der Waals surface area contributed by atoms with Crippen LogP contribution in [0.3, 0.4) is 0 Å². The molecule has 1 amide bonds. The molecule has 0 fully saturated rings. The number of carbonyl (C=O) groups is 1. The number of rotatable bonds is 7. The van der Waals surface area contributed by atoms with Crippen LogP contribution in [0, 0.1) is 0 Å². The zero-order chi connectivity index (χ0) is 13.4. The van der Waals surface area contributed by atoms with Gasteiger partial charge in [0.05, 0.1) is 19.2 Å². The van der Waals surface area contributed by atoms with E-state index in [1.165, 1.54) is 0 Å². The third-order valence-electron chi connectivity index (χ3n) is 2.49. The molecule has 0 heterocycles. The minimum absolute atomic E-state index is 0.000717. The van der Waals surface area contributed by atoms with Crippen LogP contribution in [0.25, 0.3) is 0 Å². The van der Waals surface area contributed by atoms with E-state index in [1.54, 1.807) is 7.11 Å². The Bertz CT molecular complexity index is 385. The zero-order valence-electron chi connectivity index (χ0n) is 10.7. The Balaban J connectivity index is 2.35. The maximum atomic E-state index is 11.6. The van der Waals surface area contributed by atoms with Gasteiger partial charge in [0.25, 0.3) is 0 Å². The smallest absolute Gasteiger partial charge is 0.234 e. The molecule has 0 aliphatic carbocycles. The highest BCUT2D eigenvalue weighted by molar-refractivity contribution is 9.10. The van der Waals surface area contributed by atoms with Crippen LogP contribution in [0.1, 0.15) is 18.5 Å². The van der Waals surface area contributed by atoms with E-state index in [-0.39, 0.29) is 11.9 Å². The van der Waals surface area contributed by atoms with Gasteiger partial charge in [-0.2, -0.15) is 0 Å². The first-order valence-electron chi connectivity index (χ1n) is 5.88. The summed E-state index contributed by atoms with van der Waals surface area (Å²) in [4.78, 5) is 11.6. The second-order valence-corrected chi connectivity index (χ2v) is 4.93. The topological polar surface area (TPSA) is 50.4 Å². The van der Waals surface area contributed by atoms with Crippen molar-refractivity contribution >= 4 is 21.8 Å². The highest BCUT2D eigenvalue weighted by atomic mass is 79.9. The minimum atomic E-state index is -0.0152. The van der Waals surface area contributed by atoms with Gasteiger partial charge in [0, 0.05) is 18.1 Å². The molecule has 0 aliphatic heterocycles. The number of ether oxygens (including phenoxy) is 1. The molecule has 5 heteroatoms. The number of benzene rings is 1. The molecular weight excluding hydrogens is 296 g/mol. The number of hydrogen-bond donors (Lipinski definition) is 2. The normalized spacial score (nSPS) is 12.2. The van der Waals surface area contributed by atoms with Crippen LogP contribution < -0.4 is 10.6 Å². The maximum Gasteiger partial charge on any atom is 0.234 e. The summed E-state index contributed by atoms with van der Waals surface area (Å²) in [5, 5.41) is 5.95. The molecule has 1 aromatic rings. The van der Waals surface area contributed by atoms with Crippen LogP contribution in [-0.2, 0) is 9.53 Å². The minimum Gasteiger partial charge on any atom is -0.383 e. The van der Waals surface area contributed by atoms with E-state index in [4.69, 9.17) is 4.74 Å². The average molecular weight is 315 g/mol. The van der Waals surface area contributed by atoms with E-state index >= 15 is 0 Å². The third-order valence-corrected chi connectivity index (χ3v) is 2.99. The summed E-state index contributed by atoms with van der Waals surface area (Å²) in [6.45, 7) is 3.56. The summed E-state index contributed by atoms with van der Waals surface area (Å²) in [7, 11) is 1.64. The summed E-state index contributed by atoms with van der Waals surface area (Å²) in [6.07, 6.45) is 0. The fourth-order valence-corrected chi connectivity index (χ4v) is 1.94. The van der Waals surface area contributed by atoms with Gasteiger partial charge in [0.15, 0.2) is 0 Å². The second kappa shape index (κ2) is 8.24. The molecule has 0 aromatic heterocycles. The molecule has 1 rings (SSSR count). The highest BCUT2D eigenvalue weighted by Crippen LogP contribution is 2.17. The Morgan fingerprint density at radius 1 is 1.50 bits per heavy atom. The molecule has 2 N–H and O–H groups in total. The van der Waals surface area contributed by atoms with E-state index in [2.05, 4.69) is 26.6 Å². The zero-order valence-corrected chi connectivity index (χ0v) is 12.3. The largest absolute Gasteiger partial charge is 0.383 e. The van der Waals surface area contributed by atoms with Crippen LogP contribution in [0.5, 0.6) is 0 Å². The van der Waals surface area contributed by atoms with E-state index in [0.29, 0.717) is 19.7 Å². The molecule has 0 saturated carbocycles. The lowest BCUT2D eigenvalue weighted by Crippen LogP contribution is -2.36. The fraction of sp³-hybridized carbons (Fsp3) is 0.462. The number of hydrogen-bond acceptors (Lipinski definition) is 3. The molecule has 0 aliphatic rings. The summed E-state index contributed by atoms with van der Waals surface area (Å²) in [5.74, 6) is -0.0152. The van der Waals surface area contributed by atoms with E-state index in [9.17, 15) is 4.79 Å². The SMILES string of the molecule is COCCNCC(=O)N[C@@H](C)c1cccc(Br)c1. The van der Waals surface area contributed by atoms with E-state index in [0.717, 1.165) is 10.0 Å². The van der Waals surface area contributed by atoms with Crippen molar-refractivity contribution in [3.63, 3.8) is 0 Å². The lowest BCUT2D eigenvalue weighted by molar-refractivity contribution is -0.120. The predicted octanol–water partition coefficient (Wildman–Crippen LogP) is 1.86. The van der Waals surface area contributed by atoms with Crippen molar-refractivity contribution in [3.05, 3.63) is 34.3 Å². The van der Waals surface area contributed by atoms with Crippen molar-refractivity contribution in [2.24, 2.45) is 0 Å². The van der Waals surface area contributed by atoms with Gasteiger partial charge in [0.2, 0.25) is 5.91 Å². The summed E-state index contributed by atoms with van der Waals surface area (Å²) in [5.41, 5.74) is 1.08. The Labute approximate surface area is 116 Å². The molecule has 1 atom stereocenters. The Kier molecular flexibility index (Phi) is 6.93. The number of nitrogens with one attached hydrogen (secondary N) is 2.